The molecule has 5 rings (SSSR count). The van der Waals surface area contributed by atoms with Crippen molar-refractivity contribution < 1.29 is 55.2 Å². The molecule has 0 bridgehead atoms. The Hall–Kier alpha value is -5.41. The van der Waals surface area contributed by atoms with Crippen LogP contribution in [0.5, 0.6) is 23.0 Å². The highest BCUT2D eigenvalue weighted by molar-refractivity contribution is 9.10. The van der Waals surface area contributed by atoms with E-state index in [4.69, 9.17) is 18.9 Å². The van der Waals surface area contributed by atoms with Gasteiger partial charge < -0.3 is 34.3 Å². The lowest BCUT2D eigenvalue weighted by Crippen LogP contribution is -2.37. The number of aliphatic hydroxyl groups excluding tert-OH is 1. The van der Waals surface area contributed by atoms with Gasteiger partial charge in [0.2, 0.25) is 0 Å². The van der Waals surface area contributed by atoms with Crippen LogP contribution >= 0.6 is 15.9 Å². The summed E-state index contributed by atoms with van der Waals surface area (Å²) in [6.07, 6.45) is -9.27. The second-order valence-electron chi connectivity index (χ2n) is 12.4. The molecule has 0 aliphatic rings. The van der Waals surface area contributed by atoms with Crippen LogP contribution in [0.2, 0.25) is 0 Å². The molecule has 0 aliphatic heterocycles. The minimum absolute atomic E-state index is 0.118. The van der Waals surface area contributed by atoms with Crippen molar-refractivity contribution in [2.24, 2.45) is 0 Å². The third kappa shape index (κ3) is 12.5. The van der Waals surface area contributed by atoms with Gasteiger partial charge in [-0.05, 0) is 90.2 Å². The largest absolute Gasteiger partial charge is 0.493 e. The number of hydrogen-bond acceptors (Lipinski definition) is 7. The van der Waals surface area contributed by atoms with Crippen molar-refractivity contribution in [1.29, 1.82) is 0 Å². The van der Waals surface area contributed by atoms with E-state index in [0.29, 0.717) is 52.8 Å². The first-order valence-electron chi connectivity index (χ1n) is 17.3. The van der Waals surface area contributed by atoms with E-state index in [2.05, 4.69) is 21.2 Å². The van der Waals surface area contributed by atoms with Crippen LogP contribution in [0.1, 0.15) is 33.9 Å². The highest BCUT2D eigenvalue weighted by Gasteiger charge is 2.31. The van der Waals surface area contributed by atoms with Gasteiger partial charge in [0.25, 0.3) is 5.91 Å². The van der Waals surface area contributed by atoms with Gasteiger partial charge in [0.05, 0.1) is 39.6 Å². The molecule has 0 aromatic heterocycles. The van der Waals surface area contributed by atoms with E-state index in [1.165, 1.54) is 43.4 Å². The van der Waals surface area contributed by atoms with Crippen LogP contribution in [0.4, 0.5) is 37.7 Å². The van der Waals surface area contributed by atoms with Gasteiger partial charge in [0.15, 0.2) is 29.1 Å². The fraction of sp³-hybridized carbons (Fsp3) is 0.262. The summed E-state index contributed by atoms with van der Waals surface area (Å²) >= 11 is 3.32. The maximum absolute atomic E-state index is 13.3. The van der Waals surface area contributed by atoms with E-state index in [1.54, 1.807) is 62.8 Å². The molecular formula is C42H41BrF6N2O6. The normalized spacial score (nSPS) is 11.8. The maximum Gasteiger partial charge on any atom is 0.416 e. The summed E-state index contributed by atoms with van der Waals surface area (Å²) < 4.78 is 97.8. The molecule has 0 saturated carbocycles. The third-order valence-corrected chi connectivity index (χ3v) is 9.21. The zero-order chi connectivity index (χ0) is 41.8. The number of rotatable bonds is 14. The van der Waals surface area contributed by atoms with Crippen LogP contribution in [-0.2, 0) is 30.0 Å². The number of hydrogen-bond donors (Lipinski definition) is 2. The van der Waals surface area contributed by atoms with Crippen molar-refractivity contribution in [3.05, 3.63) is 141 Å². The molecule has 1 unspecified atom stereocenters. The van der Waals surface area contributed by atoms with Gasteiger partial charge in [0, 0.05) is 41.1 Å². The number of carbonyl (C=O) groups is 1. The summed E-state index contributed by atoms with van der Waals surface area (Å²) in [5, 5.41) is 14.0. The minimum atomic E-state index is -4.42. The zero-order valence-electron chi connectivity index (χ0n) is 31.4. The van der Waals surface area contributed by atoms with Crippen LogP contribution in [0.3, 0.4) is 0 Å². The maximum atomic E-state index is 13.3. The molecule has 1 amide bonds. The molecular weight excluding hydrogens is 822 g/mol. The number of halogens is 7. The Balaban J connectivity index is 0.000000273. The van der Waals surface area contributed by atoms with Crippen LogP contribution in [0.25, 0.3) is 0 Å². The second kappa shape index (κ2) is 20.1. The number of amides is 1. The Morgan fingerprint density at radius 1 is 0.649 bits per heavy atom. The molecule has 0 radical (unpaired) electrons. The van der Waals surface area contributed by atoms with Gasteiger partial charge in [-0.1, -0.05) is 52.3 Å². The average Bonchev–Trinajstić information content (AvgIpc) is 3.20. The third-order valence-electron chi connectivity index (χ3n) is 8.68. The highest BCUT2D eigenvalue weighted by atomic mass is 79.9. The van der Waals surface area contributed by atoms with Crippen molar-refractivity contribution >= 4 is 33.2 Å². The molecule has 0 heterocycles. The van der Waals surface area contributed by atoms with Gasteiger partial charge >= 0.3 is 12.4 Å². The number of benzene rings is 5. The smallest absolute Gasteiger partial charge is 0.416 e. The highest BCUT2D eigenvalue weighted by Crippen LogP contribution is 2.34. The molecule has 5 aromatic carbocycles. The van der Waals surface area contributed by atoms with Gasteiger partial charge in [-0.25, -0.2) is 0 Å². The molecule has 0 fully saturated rings. The Labute approximate surface area is 335 Å². The number of alkyl halides is 6. The predicted molar refractivity (Wildman–Crippen MR) is 209 cm³/mol. The molecule has 0 spiro atoms. The fourth-order valence-electron chi connectivity index (χ4n) is 5.55. The van der Waals surface area contributed by atoms with Gasteiger partial charge in [-0.15, -0.1) is 0 Å². The summed E-state index contributed by atoms with van der Waals surface area (Å²) in [6, 6.07) is 27.0. The summed E-state index contributed by atoms with van der Waals surface area (Å²) in [4.78, 5) is 14.7. The Morgan fingerprint density at radius 2 is 1.12 bits per heavy atom. The van der Waals surface area contributed by atoms with Crippen molar-refractivity contribution in [1.82, 2.24) is 0 Å². The first-order valence-corrected chi connectivity index (χ1v) is 18.1. The summed E-state index contributed by atoms with van der Waals surface area (Å²) in [7, 11) is 6.08. The van der Waals surface area contributed by atoms with E-state index in [1.807, 2.05) is 12.1 Å². The molecule has 5 aromatic rings. The van der Waals surface area contributed by atoms with E-state index < -0.39 is 35.5 Å². The minimum Gasteiger partial charge on any atom is -0.493 e. The molecule has 8 nitrogen and oxygen atoms in total. The monoisotopic (exact) mass is 862 g/mol. The van der Waals surface area contributed by atoms with E-state index in [9.17, 15) is 36.2 Å². The number of nitrogens with one attached hydrogen (secondary N) is 1. The molecule has 2 N–H and O–H groups in total. The van der Waals surface area contributed by atoms with Crippen LogP contribution < -0.4 is 29.2 Å². The van der Waals surface area contributed by atoms with Crippen molar-refractivity contribution in [3.8, 4) is 23.0 Å². The Morgan fingerprint density at radius 3 is 1.61 bits per heavy atom. The Bertz CT molecular complexity index is 2040. The van der Waals surface area contributed by atoms with Gasteiger partial charge in [-0.3, -0.25) is 4.79 Å². The number of anilines is 2. The average molecular weight is 864 g/mol. The van der Waals surface area contributed by atoms with Crippen molar-refractivity contribution in [2.45, 2.75) is 31.3 Å². The molecule has 1 atom stereocenters. The molecule has 304 valence electrons. The number of carbonyl (C=O) groups excluding carboxylic acids is 1. The summed E-state index contributed by atoms with van der Waals surface area (Å²) in [6.45, 7) is 0.716. The topological polar surface area (TPSA) is 89.5 Å². The SMILES string of the molecule is COc1ccc(N(CCc2ccc(C(F)(F)F)cc2)C(=O)C(O)c2ccc(Br)cc2)cc1OC.COc1ccc(NCCc2ccc(C(F)(F)F)cc2)cc1OC. The summed E-state index contributed by atoms with van der Waals surface area (Å²) in [5.41, 5.74) is 1.80. The van der Waals surface area contributed by atoms with E-state index in [-0.39, 0.29) is 13.0 Å². The molecule has 0 saturated heterocycles. The van der Waals surface area contributed by atoms with Gasteiger partial charge in [0.1, 0.15) is 0 Å². The van der Waals surface area contributed by atoms with Crippen LogP contribution in [0, 0.1) is 0 Å². The first-order chi connectivity index (χ1) is 27.1. The summed E-state index contributed by atoms with van der Waals surface area (Å²) in [5.74, 6) is 1.54. The van der Waals surface area contributed by atoms with E-state index in [0.717, 1.165) is 40.0 Å². The van der Waals surface area contributed by atoms with Gasteiger partial charge in [-0.2, -0.15) is 26.3 Å². The predicted octanol–water partition coefficient (Wildman–Crippen LogP) is 10.2. The molecule has 15 heteroatoms. The lowest BCUT2D eigenvalue weighted by molar-refractivity contribution is -0.138. The van der Waals surface area contributed by atoms with Crippen molar-refractivity contribution in [3.63, 3.8) is 0 Å². The lowest BCUT2D eigenvalue weighted by Gasteiger charge is -2.26. The number of aliphatic hydroxyl groups is 1. The number of nitrogens with zero attached hydrogens (tertiary/aromatic N) is 1. The van der Waals surface area contributed by atoms with Crippen LogP contribution in [0.15, 0.2) is 114 Å². The number of ether oxygens (including phenoxy) is 4. The standard InChI is InChI=1S/C25H23BrF3NO4.C17H18F3NO2/c1-33-21-12-11-20(15-22(21)34-2)30(24(32)23(31)17-5-9-19(26)10-6-17)14-13-16-3-7-18(8-4-16)25(27,28)29;1-22-15-8-7-14(11-16(15)23-2)21-10-9-12-3-5-13(6-4-12)17(18,19)20/h3-12,15,23,31H,13-14H2,1-2H3;3-8,11,21H,9-10H2,1-2H3. The second-order valence-corrected chi connectivity index (χ2v) is 13.3. The molecule has 57 heavy (non-hydrogen) atoms. The first kappa shape index (κ1) is 44.3. The zero-order valence-corrected chi connectivity index (χ0v) is 33.0. The Kier molecular flexibility index (Phi) is 15.7. The van der Waals surface area contributed by atoms with Crippen LogP contribution in [-0.4, -0.2) is 52.5 Å². The van der Waals surface area contributed by atoms with E-state index >= 15 is 0 Å². The number of methoxy groups -OCH3 is 4. The van der Waals surface area contributed by atoms with Crippen molar-refractivity contribution in [2.75, 3.05) is 51.7 Å². The molecule has 0 aliphatic carbocycles. The lowest BCUT2D eigenvalue weighted by atomic mass is 10.1. The fourth-order valence-corrected chi connectivity index (χ4v) is 5.82. The quantitative estimate of drug-likeness (QED) is 0.108.